The fourth-order valence-corrected chi connectivity index (χ4v) is 1.44. The van der Waals surface area contributed by atoms with Gasteiger partial charge in [-0.25, -0.2) is 4.98 Å². The van der Waals surface area contributed by atoms with E-state index in [-0.39, 0.29) is 6.61 Å². The predicted molar refractivity (Wildman–Crippen MR) is 59.9 cm³/mol. The number of nitrogens with one attached hydrogen (secondary N) is 1. The largest absolute Gasteiger partial charge is 0.461 e. The maximum Gasteiger partial charge on any atom is 0.293 e. The molecule has 0 aliphatic rings. The Kier molecular flexibility index (Phi) is 3.22. The van der Waals surface area contributed by atoms with Crippen molar-refractivity contribution >= 4 is 18.1 Å². The van der Waals surface area contributed by atoms with Crippen molar-refractivity contribution in [2.45, 2.75) is 6.61 Å². The molecule has 0 saturated carbocycles. The molecule has 0 fully saturated rings. The average molecular weight is 237 g/mol. The Morgan fingerprint density at radius 3 is 2.81 bits per heavy atom. The van der Waals surface area contributed by atoms with Crippen LogP contribution < -0.4 is 0 Å². The number of carbonyl (C=O) groups excluding carboxylic acids is 1. The van der Waals surface area contributed by atoms with Crippen molar-refractivity contribution in [1.29, 1.82) is 0 Å². The summed E-state index contributed by atoms with van der Waals surface area (Å²) in [7, 11) is 0. The fourth-order valence-electron chi connectivity index (χ4n) is 1.31. The number of imidazole rings is 1. The van der Waals surface area contributed by atoms with Crippen LogP contribution in [0.15, 0.2) is 30.5 Å². The zero-order valence-corrected chi connectivity index (χ0v) is 9.07. The van der Waals surface area contributed by atoms with Gasteiger partial charge in [0.15, 0.2) is 0 Å². The number of halogens is 1. The third-order valence-electron chi connectivity index (χ3n) is 2.05. The molecule has 0 saturated heterocycles. The lowest BCUT2D eigenvalue weighted by atomic mass is 10.2. The number of H-pyrrole nitrogens is 1. The molecule has 0 unspecified atom stereocenters. The molecule has 1 aromatic heterocycles. The molecule has 0 atom stereocenters. The monoisotopic (exact) mass is 236 g/mol. The van der Waals surface area contributed by atoms with E-state index in [9.17, 15) is 4.79 Å². The van der Waals surface area contributed by atoms with Gasteiger partial charge in [-0.15, -0.1) is 0 Å². The molecule has 1 aromatic carbocycles. The van der Waals surface area contributed by atoms with E-state index in [1.54, 1.807) is 18.3 Å². The molecule has 5 heteroatoms. The number of ether oxygens (including phenoxy) is 1. The van der Waals surface area contributed by atoms with Crippen molar-refractivity contribution in [2.24, 2.45) is 0 Å². The van der Waals surface area contributed by atoms with Gasteiger partial charge in [0.05, 0.1) is 11.9 Å². The van der Waals surface area contributed by atoms with Gasteiger partial charge >= 0.3 is 0 Å². The number of benzene rings is 1. The lowest BCUT2D eigenvalue weighted by molar-refractivity contribution is -0.129. The van der Waals surface area contributed by atoms with Crippen molar-refractivity contribution in [3.05, 3.63) is 41.2 Å². The summed E-state index contributed by atoms with van der Waals surface area (Å²) < 4.78 is 4.61. The summed E-state index contributed by atoms with van der Waals surface area (Å²) in [4.78, 5) is 17.2. The van der Waals surface area contributed by atoms with Gasteiger partial charge in [0.25, 0.3) is 6.47 Å². The van der Waals surface area contributed by atoms with E-state index in [0.717, 1.165) is 17.1 Å². The zero-order valence-electron chi connectivity index (χ0n) is 8.31. The van der Waals surface area contributed by atoms with Crippen molar-refractivity contribution in [3.8, 4) is 11.4 Å². The van der Waals surface area contributed by atoms with Crippen LogP contribution >= 0.6 is 11.6 Å². The third-order valence-corrected chi connectivity index (χ3v) is 2.30. The average Bonchev–Trinajstić information content (AvgIpc) is 2.76. The summed E-state index contributed by atoms with van der Waals surface area (Å²) in [5.74, 6) is 0.723. The molecule has 0 aliphatic carbocycles. The second kappa shape index (κ2) is 4.81. The van der Waals surface area contributed by atoms with Crippen LogP contribution in [0.5, 0.6) is 0 Å². The Bertz CT molecular complexity index is 479. The van der Waals surface area contributed by atoms with Crippen molar-refractivity contribution in [1.82, 2.24) is 9.97 Å². The number of aromatic amines is 1. The molecule has 0 spiro atoms. The summed E-state index contributed by atoms with van der Waals surface area (Å²) in [5, 5.41) is 0.680. The minimum Gasteiger partial charge on any atom is -0.461 e. The van der Waals surface area contributed by atoms with Crippen LogP contribution in [-0.2, 0) is 16.1 Å². The SMILES string of the molecule is O=COCc1cnc(-c2ccc(Cl)cc2)[nH]1. The fraction of sp³-hybridized carbons (Fsp3) is 0.0909. The maximum atomic E-state index is 10.0. The lowest BCUT2D eigenvalue weighted by Crippen LogP contribution is -1.89. The predicted octanol–water partition coefficient (Wildman–Crippen LogP) is 2.40. The molecule has 4 nitrogen and oxygen atoms in total. The van der Waals surface area contributed by atoms with Gasteiger partial charge in [0, 0.05) is 10.6 Å². The first-order valence-corrected chi connectivity index (χ1v) is 5.02. The van der Waals surface area contributed by atoms with E-state index in [2.05, 4.69) is 14.7 Å². The van der Waals surface area contributed by atoms with Crippen LogP contribution in [0, 0.1) is 0 Å². The quantitative estimate of drug-likeness (QED) is 0.830. The molecule has 1 heterocycles. The first kappa shape index (κ1) is 10.7. The van der Waals surface area contributed by atoms with E-state index in [1.807, 2.05) is 12.1 Å². The van der Waals surface area contributed by atoms with E-state index < -0.39 is 0 Å². The molecule has 2 rings (SSSR count). The molecule has 0 amide bonds. The topological polar surface area (TPSA) is 55.0 Å². The van der Waals surface area contributed by atoms with Crippen LogP contribution in [0.25, 0.3) is 11.4 Å². The lowest BCUT2D eigenvalue weighted by Gasteiger charge is -1.97. The number of aromatic nitrogens is 2. The number of hydrogen-bond donors (Lipinski definition) is 1. The van der Waals surface area contributed by atoms with Gasteiger partial charge < -0.3 is 9.72 Å². The molecule has 16 heavy (non-hydrogen) atoms. The first-order valence-electron chi connectivity index (χ1n) is 4.64. The highest BCUT2D eigenvalue weighted by Crippen LogP contribution is 2.18. The summed E-state index contributed by atoms with van der Waals surface area (Å²) in [6.45, 7) is 0.604. The van der Waals surface area contributed by atoms with Crippen molar-refractivity contribution in [2.75, 3.05) is 0 Å². The standard InChI is InChI=1S/C11H9ClN2O2/c12-9-3-1-8(2-4-9)11-13-5-10(14-11)6-16-7-15/h1-5,7H,6H2,(H,13,14). The Morgan fingerprint density at radius 2 is 2.12 bits per heavy atom. The van der Waals surface area contributed by atoms with Crippen molar-refractivity contribution in [3.63, 3.8) is 0 Å². The summed E-state index contributed by atoms with van der Waals surface area (Å²) in [6.07, 6.45) is 1.63. The van der Waals surface area contributed by atoms with Crippen LogP contribution in [0.4, 0.5) is 0 Å². The Hall–Kier alpha value is -1.81. The summed E-state index contributed by atoms with van der Waals surface area (Å²) in [6, 6.07) is 7.32. The van der Waals surface area contributed by atoms with Crippen LogP contribution in [0.1, 0.15) is 5.69 Å². The Balaban J connectivity index is 2.17. The summed E-state index contributed by atoms with van der Waals surface area (Å²) in [5.41, 5.74) is 1.68. The van der Waals surface area contributed by atoms with Crippen LogP contribution in [-0.4, -0.2) is 16.4 Å². The maximum absolute atomic E-state index is 10.0. The normalized spacial score (nSPS) is 10.1. The molecule has 0 radical (unpaired) electrons. The Morgan fingerprint density at radius 1 is 1.38 bits per heavy atom. The highest BCUT2D eigenvalue weighted by atomic mass is 35.5. The van der Waals surface area contributed by atoms with Gasteiger partial charge in [-0.2, -0.15) is 0 Å². The minimum absolute atomic E-state index is 0.199. The van der Waals surface area contributed by atoms with Crippen LogP contribution in [0.2, 0.25) is 5.02 Å². The zero-order chi connectivity index (χ0) is 11.4. The number of hydrogen-bond acceptors (Lipinski definition) is 3. The molecule has 1 N–H and O–H groups in total. The second-order valence-electron chi connectivity index (χ2n) is 3.17. The van der Waals surface area contributed by atoms with Gasteiger partial charge in [-0.1, -0.05) is 11.6 Å². The van der Waals surface area contributed by atoms with E-state index in [0.29, 0.717) is 11.5 Å². The van der Waals surface area contributed by atoms with E-state index in [1.165, 1.54) is 0 Å². The number of nitrogens with zero attached hydrogens (tertiary/aromatic N) is 1. The van der Waals surface area contributed by atoms with Crippen molar-refractivity contribution < 1.29 is 9.53 Å². The van der Waals surface area contributed by atoms with Gasteiger partial charge in [-0.05, 0) is 24.3 Å². The second-order valence-corrected chi connectivity index (χ2v) is 3.61. The van der Waals surface area contributed by atoms with Gasteiger partial charge in [0.2, 0.25) is 0 Å². The number of rotatable bonds is 4. The molecule has 82 valence electrons. The summed E-state index contributed by atoms with van der Waals surface area (Å²) >= 11 is 5.78. The number of carbonyl (C=O) groups is 1. The van der Waals surface area contributed by atoms with Gasteiger partial charge in [0.1, 0.15) is 12.4 Å². The Labute approximate surface area is 97.2 Å². The molecular formula is C11H9ClN2O2. The smallest absolute Gasteiger partial charge is 0.293 e. The molecule has 0 aliphatic heterocycles. The highest BCUT2D eigenvalue weighted by molar-refractivity contribution is 6.30. The molecular weight excluding hydrogens is 228 g/mol. The molecule has 2 aromatic rings. The third kappa shape index (κ3) is 2.41. The minimum atomic E-state index is 0.199. The first-order chi connectivity index (χ1) is 7.79. The van der Waals surface area contributed by atoms with E-state index in [4.69, 9.17) is 11.6 Å². The van der Waals surface area contributed by atoms with E-state index >= 15 is 0 Å². The van der Waals surface area contributed by atoms with Gasteiger partial charge in [-0.3, -0.25) is 4.79 Å². The van der Waals surface area contributed by atoms with Crippen LogP contribution in [0.3, 0.4) is 0 Å². The highest BCUT2D eigenvalue weighted by Gasteiger charge is 2.03. The molecule has 0 bridgehead atoms.